The van der Waals surface area contributed by atoms with Crippen LogP contribution in [0.4, 0.5) is 4.39 Å². The van der Waals surface area contributed by atoms with E-state index in [4.69, 9.17) is 0 Å². The number of rotatable bonds is 4. The number of allylic oxidation sites excluding steroid dienone is 1. The molecule has 90 valence electrons. The molecule has 0 radical (unpaired) electrons. The molecule has 16 heavy (non-hydrogen) atoms. The molecule has 2 aliphatic rings. The summed E-state index contributed by atoms with van der Waals surface area (Å²) in [5.41, 5.74) is 0. The first-order valence-corrected chi connectivity index (χ1v) is 6.04. The Morgan fingerprint density at radius 3 is 3.19 bits per heavy atom. The van der Waals surface area contributed by atoms with E-state index in [9.17, 15) is 9.18 Å². The fraction of sp³-hybridized carbons (Fsp3) is 0.750. The number of hydrogen-bond acceptors (Lipinski definition) is 3. The van der Waals surface area contributed by atoms with E-state index in [2.05, 4.69) is 10.6 Å². The topological polar surface area (TPSA) is 41.1 Å². The van der Waals surface area contributed by atoms with Crippen molar-refractivity contribution in [2.75, 3.05) is 13.1 Å². The molecule has 3 atom stereocenters. The zero-order chi connectivity index (χ0) is 11.4. The number of halogens is 1. The third-order valence-electron chi connectivity index (χ3n) is 3.54. The van der Waals surface area contributed by atoms with Crippen LogP contribution in [0.1, 0.15) is 25.7 Å². The van der Waals surface area contributed by atoms with Crippen molar-refractivity contribution in [1.82, 2.24) is 10.6 Å². The molecule has 3 nitrogen and oxygen atoms in total. The minimum Gasteiger partial charge on any atom is -0.315 e. The van der Waals surface area contributed by atoms with Gasteiger partial charge in [-0.2, -0.15) is 0 Å². The minimum atomic E-state index is -0.0365. The van der Waals surface area contributed by atoms with Crippen molar-refractivity contribution in [2.24, 2.45) is 5.92 Å². The van der Waals surface area contributed by atoms with Gasteiger partial charge >= 0.3 is 0 Å². The van der Waals surface area contributed by atoms with Crippen LogP contribution in [0.5, 0.6) is 0 Å². The second kappa shape index (κ2) is 5.55. The summed E-state index contributed by atoms with van der Waals surface area (Å²) >= 11 is 0. The number of hydrogen-bond donors (Lipinski definition) is 2. The maximum atomic E-state index is 13.2. The van der Waals surface area contributed by atoms with E-state index in [0.29, 0.717) is 25.3 Å². The molecule has 0 aromatic carbocycles. The Balaban J connectivity index is 1.92. The molecule has 0 spiro atoms. The van der Waals surface area contributed by atoms with Crippen molar-refractivity contribution in [2.45, 2.75) is 37.8 Å². The molecule has 2 unspecified atom stereocenters. The highest BCUT2D eigenvalue weighted by Crippen LogP contribution is 2.27. The SMILES string of the molecule is O=CCC1CC=C(F)CC1N[C@H]1CCNC1. The van der Waals surface area contributed by atoms with Gasteiger partial charge in [0.05, 0.1) is 5.83 Å². The van der Waals surface area contributed by atoms with Crippen molar-refractivity contribution in [1.29, 1.82) is 0 Å². The summed E-state index contributed by atoms with van der Waals surface area (Å²) in [6, 6.07) is 0.560. The van der Waals surface area contributed by atoms with Crippen molar-refractivity contribution in [3.05, 3.63) is 11.9 Å². The van der Waals surface area contributed by atoms with E-state index in [1.165, 1.54) is 0 Å². The van der Waals surface area contributed by atoms with Crippen LogP contribution >= 0.6 is 0 Å². The Bertz CT molecular complexity index is 274. The van der Waals surface area contributed by atoms with Crippen LogP contribution in [0.2, 0.25) is 0 Å². The van der Waals surface area contributed by atoms with E-state index in [1.54, 1.807) is 6.08 Å². The van der Waals surface area contributed by atoms with Crippen molar-refractivity contribution in [3.8, 4) is 0 Å². The molecule has 4 heteroatoms. The van der Waals surface area contributed by atoms with Crippen LogP contribution in [-0.4, -0.2) is 31.5 Å². The first-order valence-electron chi connectivity index (χ1n) is 6.04. The highest BCUT2D eigenvalue weighted by molar-refractivity contribution is 5.50. The molecular formula is C12H19FN2O. The highest BCUT2D eigenvalue weighted by Gasteiger charge is 2.28. The fourth-order valence-electron chi connectivity index (χ4n) is 2.58. The van der Waals surface area contributed by atoms with Gasteiger partial charge in [-0.3, -0.25) is 0 Å². The molecule has 2 rings (SSSR count). The molecule has 1 saturated heterocycles. The van der Waals surface area contributed by atoms with Gasteiger partial charge in [0.2, 0.25) is 0 Å². The maximum Gasteiger partial charge on any atom is 0.120 e. The Kier molecular flexibility index (Phi) is 4.07. The van der Waals surface area contributed by atoms with Crippen LogP contribution in [0.15, 0.2) is 11.9 Å². The molecule has 1 aliphatic heterocycles. The lowest BCUT2D eigenvalue weighted by Gasteiger charge is -2.31. The lowest BCUT2D eigenvalue weighted by atomic mass is 9.86. The Morgan fingerprint density at radius 2 is 2.50 bits per heavy atom. The first kappa shape index (κ1) is 11.7. The number of carbonyl (C=O) groups excluding carboxylic acids is 1. The van der Waals surface area contributed by atoms with Crippen LogP contribution < -0.4 is 10.6 Å². The average Bonchev–Trinajstić information content (AvgIpc) is 2.75. The van der Waals surface area contributed by atoms with Crippen molar-refractivity contribution >= 4 is 6.29 Å². The van der Waals surface area contributed by atoms with E-state index in [1.807, 2.05) is 0 Å². The first-order chi connectivity index (χ1) is 7.79. The van der Waals surface area contributed by atoms with E-state index < -0.39 is 0 Å². The van der Waals surface area contributed by atoms with Crippen molar-refractivity contribution < 1.29 is 9.18 Å². The van der Waals surface area contributed by atoms with Crippen molar-refractivity contribution in [3.63, 3.8) is 0 Å². The largest absolute Gasteiger partial charge is 0.315 e. The van der Waals surface area contributed by atoms with Gasteiger partial charge in [-0.25, -0.2) is 4.39 Å². The Labute approximate surface area is 95.5 Å². The summed E-state index contributed by atoms with van der Waals surface area (Å²) in [5, 5.41) is 6.76. The molecule has 2 N–H and O–H groups in total. The van der Waals surface area contributed by atoms with Gasteiger partial charge in [0.15, 0.2) is 0 Å². The molecule has 1 heterocycles. The molecule has 0 bridgehead atoms. The Morgan fingerprint density at radius 1 is 1.62 bits per heavy atom. The van der Waals surface area contributed by atoms with E-state index >= 15 is 0 Å². The molecular weight excluding hydrogens is 207 g/mol. The smallest absolute Gasteiger partial charge is 0.120 e. The molecule has 0 saturated carbocycles. The van der Waals surface area contributed by atoms with Gasteiger partial charge in [-0.15, -0.1) is 0 Å². The van der Waals surface area contributed by atoms with Gasteiger partial charge < -0.3 is 15.4 Å². The summed E-state index contributed by atoms with van der Waals surface area (Å²) in [6.07, 6.45) is 5.32. The van der Waals surface area contributed by atoms with Crippen LogP contribution in [0, 0.1) is 5.92 Å². The number of aldehydes is 1. The molecule has 1 fully saturated rings. The summed E-state index contributed by atoms with van der Waals surface area (Å²) in [4.78, 5) is 10.6. The van der Waals surface area contributed by atoms with Crippen LogP contribution in [-0.2, 0) is 4.79 Å². The monoisotopic (exact) mass is 226 g/mol. The maximum absolute atomic E-state index is 13.2. The van der Waals surface area contributed by atoms with E-state index in [0.717, 1.165) is 25.8 Å². The number of nitrogens with one attached hydrogen (secondary N) is 2. The van der Waals surface area contributed by atoms with Crippen LogP contribution in [0.25, 0.3) is 0 Å². The van der Waals surface area contributed by atoms with Gasteiger partial charge in [0.1, 0.15) is 6.29 Å². The lowest BCUT2D eigenvalue weighted by Crippen LogP contribution is -2.45. The molecule has 1 aliphatic carbocycles. The zero-order valence-electron chi connectivity index (χ0n) is 9.42. The Hall–Kier alpha value is -0.740. The summed E-state index contributed by atoms with van der Waals surface area (Å²) in [7, 11) is 0. The standard InChI is InChI=1S/C12H19FN2O/c13-10-2-1-9(4-6-16)12(7-10)15-11-3-5-14-8-11/h2,6,9,11-12,14-15H,1,3-5,7-8H2/t9?,11-,12?/m0/s1. The van der Waals surface area contributed by atoms with Gasteiger partial charge in [-0.1, -0.05) is 6.08 Å². The summed E-state index contributed by atoms with van der Waals surface area (Å²) in [6.45, 7) is 1.98. The molecule has 0 aromatic heterocycles. The minimum absolute atomic E-state index is 0.0365. The zero-order valence-corrected chi connectivity index (χ0v) is 9.42. The second-order valence-corrected chi connectivity index (χ2v) is 4.72. The quantitative estimate of drug-likeness (QED) is 0.707. The predicted molar refractivity (Wildman–Crippen MR) is 60.8 cm³/mol. The highest BCUT2D eigenvalue weighted by atomic mass is 19.1. The van der Waals surface area contributed by atoms with Gasteiger partial charge in [0.25, 0.3) is 0 Å². The average molecular weight is 226 g/mol. The van der Waals surface area contributed by atoms with E-state index in [-0.39, 0.29) is 17.8 Å². The second-order valence-electron chi connectivity index (χ2n) is 4.72. The fourth-order valence-corrected chi connectivity index (χ4v) is 2.58. The lowest BCUT2D eigenvalue weighted by molar-refractivity contribution is -0.108. The number of carbonyl (C=O) groups is 1. The van der Waals surface area contributed by atoms with Gasteiger partial charge in [0, 0.05) is 31.5 Å². The summed E-state index contributed by atoms with van der Waals surface area (Å²) < 4.78 is 13.2. The third kappa shape index (κ3) is 2.89. The predicted octanol–water partition coefficient (Wildman–Crippen LogP) is 1.16. The normalized spacial score (nSPS) is 34.8. The van der Waals surface area contributed by atoms with Gasteiger partial charge in [-0.05, 0) is 25.3 Å². The molecule has 0 aromatic rings. The van der Waals surface area contributed by atoms with Crippen LogP contribution in [0.3, 0.4) is 0 Å². The summed E-state index contributed by atoms with van der Waals surface area (Å²) in [5.74, 6) is 0.225. The molecule has 0 amide bonds. The third-order valence-corrected chi connectivity index (χ3v) is 3.54.